The standard InChI is InChI=1S/C15H9F6N5O/c16-9-4-2-1-3-8(9)10(15(19,20)21)24-14-22-5-7(6-23-14)12-25-26-13(27-12)11(17)18/h1-6,10-11H,(H,22,23,24). The van der Waals surface area contributed by atoms with Crippen LogP contribution in [-0.2, 0) is 0 Å². The Morgan fingerprint density at radius 2 is 1.67 bits per heavy atom. The molecule has 2 heterocycles. The van der Waals surface area contributed by atoms with Crippen LogP contribution in [0.1, 0.15) is 23.9 Å². The van der Waals surface area contributed by atoms with Crippen molar-refractivity contribution < 1.29 is 30.8 Å². The van der Waals surface area contributed by atoms with Gasteiger partial charge in [0.2, 0.25) is 5.95 Å². The van der Waals surface area contributed by atoms with Gasteiger partial charge in [-0.1, -0.05) is 18.2 Å². The smallest absolute Gasteiger partial charge is 0.412 e. The Morgan fingerprint density at radius 3 is 2.22 bits per heavy atom. The van der Waals surface area contributed by atoms with Gasteiger partial charge < -0.3 is 9.73 Å². The number of nitrogens with one attached hydrogen (secondary N) is 1. The minimum atomic E-state index is -4.83. The van der Waals surface area contributed by atoms with Crippen molar-refractivity contribution in [2.75, 3.05) is 5.32 Å². The third-order valence-corrected chi connectivity index (χ3v) is 3.34. The van der Waals surface area contributed by atoms with Gasteiger partial charge in [-0.3, -0.25) is 0 Å². The van der Waals surface area contributed by atoms with Crippen molar-refractivity contribution in [3.8, 4) is 11.5 Å². The second-order valence-electron chi connectivity index (χ2n) is 5.18. The lowest BCUT2D eigenvalue weighted by Gasteiger charge is -2.22. The van der Waals surface area contributed by atoms with Gasteiger partial charge in [0.25, 0.3) is 11.8 Å². The van der Waals surface area contributed by atoms with Gasteiger partial charge in [-0.25, -0.2) is 14.4 Å². The molecular weight excluding hydrogens is 380 g/mol. The van der Waals surface area contributed by atoms with Crippen LogP contribution in [0.15, 0.2) is 41.1 Å². The summed E-state index contributed by atoms with van der Waals surface area (Å²) in [5.41, 5.74) is -0.606. The largest absolute Gasteiger partial charge is 0.415 e. The molecule has 1 N–H and O–H groups in total. The van der Waals surface area contributed by atoms with Crippen molar-refractivity contribution in [3.05, 3.63) is 53.9 Å². The molecule has 0 aliphatic rings. The van der Waals surface area contributed by atoms with Gasteiger partial charge in [0.05, 0.1) is 5.56 Å². The predicted octanol–water partition coefficient (Wildman–Crippen LogP) is 4.32. The zero-order chi connectivity index (χ0) is 19.6. The zero-order valence-corrected chi connectivity index (χ0v) is 13.1. The number of hydrogen-bond donors (Lipinski definition) is 1. The van der Waals surface area contributed by atoms with Gasteiger partial charge in [-0.2, -0.15) is 22.0 Å². The SMILES string of the molecule is Fc1ccccc1C(Nc1ncc(-c2nnc(C(F)F)o2)cn1)C(F)(F)F. The molecule has 1 aromatic carbocycles. The molecule has 3 aromatic rings. The van der Waals surface area contributed by atoms with Crippen molar-refractivity contribution in [3.63, 3.8) is 0 Å². The summed E-state index contributed by atoms with van der Waals surface area (Å²) in [5.74, 6) is -2.74. The summed E-state index contributed by atoms with van der Waals surface area (Å²) in [7, 11) is 0. The number of aromatic nitrogens is 4. The number of alkyl halides is 5. The van der Waals surface area contributed by atoms with Crippen LogP contribution in [0.25, 0.3) is 11.5 Å². The highest BCUT2D eigenvalue weighted by molar-refractivity contribution is 5.50. The van der Waals surface area contributed by atoms with Crippen LogP contribution in [0, 0.1) is 5.82 Å². The highest BCUT2D eigenvalue weighted by Gasteiger charge is 2.42. The van der Waals surface area contributed by atoms with Gasteiger partial charge in [-0.05, 0) is 6.07 Å². The maximum absolute atomic E-state index is 13.8. The normalized spacial score (nSPS) is 13.0. The van der Waals surface area contributed by atoms with Crippen molar-refractivity contribution in [2.45, 2.75) is 18.6 Å². The van der Waals surface area contributed by atoms with E-state index in [2.05, 4.69) is 24.6 Å². The molecule has 12 heteroatoms. The summed E-state index contributed by atoms with van der Waals surface area (Å²) in [6, 6.07) is 2.02. The monoisotopic (exact) mass is 389 g/mol. The van der Waals surface area contributed by atoms with E-state index >= 15 is 0 Å². The number of anilines is 1. The summed E-state index contributed by atoms with van der Waals surface area (Å²) in [6.45, 7) is 0. The first-order valence-electron chi connectivity index (χ1n) is 7.27. The van der Waals surface area contributed by atoms with E-state index in [4.69, 9.17) is 0 Å². The van der Waals surface area contributed by atoms with Crippen molar-refractivity contribution in [1.82, 2.24) is 20.2 Å². The summed E-state index contributed by atoms with van der Waals surface area (Å²) in [6.07, 6.45) is -5.79. The second-order valence-corrected chi connectivity index (χ2v) is 5.18. The Hall–Kier alpha value is -3.18. The fraction of sp³-hybridized carbons (Fsp3) is 0.200. The molecule has 2 aromatic heterocycles. The molecule has 3 rings (SSSR count). The Balaban J connectivity index is 1.84. The number of benzene rings is 1. The topological polar surface area (TPSA) is 76.7 Å². The second kappa shape index (κ2) is 7.21. The van der Waals surface area contributed by atoms with E-state index in [-0.39, 0.29) is 11.5 Å². The van der Waals surface area contributed by atoms with Gasteiger partial charge >= 0.3 is 12.6 Å². The van der Waals surface area contributed by atoms with E-state index in [0.29, 0.717) is 0 Å². The molecule has 1 unspecified atom stereocenters. The van der Waals surface area contributed by atoms with Crippen LogP contribution in [0.2, 0.25) is 0 Å². The molecule has 0 aliphatic carbocycles. The lowest BCUT2D eigenvalue weighted by Crippen LogP contribution is -2.29. The Labute approximate surface area is 147 Å². The molecule has 0 saturated carbocycles. The number of nitrogens with zero attached hydrogens (tertiary/aromatic N) is 4. The Kier molecular flexibility index (Phi) is 4.97. The van der Waals surface area contributed by atoms with Gasteiger partial charge in [0.15, 0.2) is 6.04 Å². The van der Waals surface area contributed by atoms with E-state index in [1.165, 1.54) is 12.1 Å². The maximum atomic E-state index is 13.8. The van der Waals surface area contributed by atoms with Crippen molar-refractivity contribution >= 4 is 5.95 Å². The number of rotatable bonds is 5. The average Bonchev–Trinajstić information content (AvgIpc) is 3.10. The van der Waals surface area contributed by atoms with E-state index in [9.17, 15) is 26.3 Å². The van der Waals surface area contributed by atoms with Crippen LogP contribution in [0.4, 0.5) is 32.3 Å². The van der Waals surface area contributed by atoms with Gasteiger partial charge in [0.1, 0.15) is 5.82 Å². The van der Waals surface area contributed by atoms with Gasteiger partial charge in [0, 0.05) is 18.0 Å². The van der Waals surface area contributed by atoms with Crippen LogP contribution in [0.3, 0.4) is 0 Å². The van der Waals surface area contributed by atoms with Crippen molar-refractivity contribution in [1.29, 1.82) is 0 Å². The molecule has 27 heavy (non-hydrogen) atoms. The quantitative estimate of drug-likeness (QED) is 0.655. The van der Waals surface area contributed by atoms with Crippen LogP contribution in [-0.4, -0.2) is 26.3 Å². The molecule has 142 valence electrons. The first kappa shape index (κ1) is 18.6. The van der Waals surface area contributed by atoms with Crippen LogP contribution < -0.4 is 5.32 Å². The lowest BCUT2D eigenvalue weighted by molar-refractivity contribution is -0.144. The molecule has 0 fully saturated rings. The first-order valence-corrected chi connectivity index (χ1v) is 7.27. The molecule has 0 amide bonds. The molecular formula is C15H9F6N5O. The summed E-state index contributed by atoms with van der Waals surface area (Å²) < 4.78 is 83.2. The first-order chi connectivity index (χ1) is 12.8. The fourth-order valence-corrected chi connectivity index (χ4v) is 2.13. The molecule has 1 atom stereocenters. The third kappa shape index (κ3) is 4.15. The van der Waals surface area contributed by atoms with E-state index in [0.717, 1.165) is 24.5 Å². The minimum absolute atomic E-state index is 0.0226. The van der Waals surface area contributed by atoms with E-state index in [1.807, 2.05) is 5.32 Å². The van der Waals surface area contributed by atoms with Crippen LogP contribution >= 0.6 is 0 Å². The van der Waals surface area contributed by atoms with Crippen LogP contribution in [0.5, 0.6) is 0 Å². The predicted molar refractivity (Wildman–Crippen MR) is 79.1 cm³/mol. The lowest BCUT2D eigenvalue weighted by atomic mass is 10.1. The fourth-order valence-electron chi connectivity index (χ4n) is 2.13. The average molecular weight is 389 g/mol. The summed E-state index contributed by atoms with van der Waals surface area (Å²) in [5, 5.41) is 8.49. The highest BCUT2D eigenvalue weighted by atomic mass is 19.4. The Morgan fingerprint density at radius 1 is 1.00 bits per heavy atom. The molecule has 0 saturated heterocycles. The number of halogens is 6. The molecule has 6 nitrogen and oxygen atoms in total. The summed E-state index contributed by atoms with van der Waals surface area (Å²) >= 11 is 0. The molecule has 0 bridgehead atoms. The Bertz CT molecular complexity index is 912. The molecule has 0 aliphatic heterocycles. The van der Waals surface area contributed by atoms with Gasteiger partial charge in [-0.15, -0.1) is 10.2 Å². The zero-order valence-electron chi connectivity index (χ0n) is 13.1. The van der Waals surface area contributed by atoms with Crippen molar-refractivity contribution in [2.24, 2.45) is 0 Å². The minimum Gasteiger partial charge on any atom is -0.415 e. The molecule has 0 spiro atoms. The third-order valence-electron chi connectivity index (χ3n) is 3.34. The highest BCUT2D eigenvalue weighted by Crippen LogP contribution is 2.36. The summed E-state index contributed by atoms with van der Waals surface area (Å²) in [4.78, 5) is 7.32. The van der Waals surface area contributed by atoms with E-state index in [1.54, 1.807) is 0 Å². The van der Waals surface area contributed by atoms with E-state index < -0.39 is 41.9 Å². The number of hydrogen-bond acceptors (Lipinski definition) is 6. The maximum Gasteiger partial charge on any atom is 0.412 e. The molecule has 0 radical (unpaired) electrons.